The molecular formula is C24H27ClF3NO6. The number of carboxylic acids is 1. The molecule has 0 bridgehead atoms. The predicted octanol–water partition coefficient (Wildman–Crippen LogP) is 3.29. The van der Waals surface area contributed by atoms with Crippen molar-refractivity contribution >= 4 is 23.8 Å². The maximum atomic E-state index is 10.5. The lowest BCUT2D eigenvalue weighted by atomic mass is 10.0. The molecule has 0 radical (unpaired) electrons. The Morgan fingerprint density at radius 2 is 1.60 bits per heavy atom. The van der Waals surface area contributed by atoms with Gasteiger partial charge in [-0.1, -0.05) is 11.6 Å². The molecule has 1 aliphatic rings. The average Bonchev–Trinajstić information content (AvgIpc) is 2.82. The Labute approximate surface area is 206 Å². The van der Waals surface area contributed by atoms with Crippen molar-refractivity contribution in [2.75, 3.05) is 41.0 Å². The summed E-state index contributed by atoms with van der Waals surface area (Å²) in [5, 5.41) is 9.48. The van der Waals surface area contributed by atoms with Crippen LogP contribution in [0.2, 0.25) is 5.02 Å². The molecule has 7 nitrogen and oxygen atoms in total. The number of aliphatic carboxylic acids is 1. The number of carbonyl (C=O) groups is 1. The third-order valence-corrected chi connectivity index (χ3v) is 5.52. The first-order valence-electron chi connectivity index (χ1n) is 10.6. The first-order chi connectivity index (χ1) is 16.5. The standard InChI is InChI=1S/C22H27ClNO4.C2HF3O2/c1-5-28-22-12-17-14-24(8-6-15(17)10-20(22)26-3)9-7-16-11-19(25-2)21(27-4)13-18(16)23;3-2(4,5)1(6)7/h10-14H,5-9H2,1-4H3;(H,6,7)/q+1;/p-1. The number of hydrogen-bond donors (Lipinski definition) is 0. The highest BCUT2D eigenvalue weighted by Gasteiger charge is 2.28. The third-order valence-electron chi connectivity index (χ3n) is 5.17. The molecule has 0 aromatic heterocycles. The average molecular weight is 518 g/mol. The normalized spacial score (nSPS) is 12.5. The number of benzene rings is 2. The van der Waals surface area contributed by atoms with E-state index in [9.17, 15) is 13.2 Å². The Balaban J connectivity index is 0.000000540. The Bertz CT molecular complexity index is 1070. The molecule has 0 N–H and O–H groups in total. The number of ether oxygens (including phenoxy) is 4. The van der Waals surface area contributed by atoms with Crippen LogP contribution in [0.4, 0.5) is 13.2 Å². The summed E-state index contributed by atoms with van der Waals surface area (Å²) in [6.07, 6.45) is -1.22. The highest BCUT2D eigenvalue weighted by Crippen LogP contribution is 2.34. The fourth-order valence-corrected chi connectivity index (χ4v) is 3.68. The van der Waals surface area contributed by atoms with Crippen LogP contribution < -0.4 is 24.1 Å². The SMILES string of the molecule is CCOc1cc2c(cc1OC)CC[N+](CCc1cc(OC)c(OC)cc1Cl)=C2.O=C([O-])C(F)(F)F. The molecule has 11 heteroatoms. The largest absolute Gasteiger partial charge is 0.542 e. The molecule has 0 saturated carbocycles. The van der Waals surface area contributed by atoms with Gasteiger partial charge in [0, 0.05) is 29.5 Å². The van der Waals surface area contributed by atoms with Crippen molar-refractivity contribution in [2.24, 2.45) is 0 Å². The van der Waals surface area contributed by atoms with E-state index in [0.29, 0.717) is 23.1 Å². The second-order valence-corrected chi connectivity index (χ2v) is 7.79. The maximum Gasteiger partial charge on any atom is 0.430 e. The van der Waals surface area contributed by atoms with E-state index >= 15 is 0 Å². The van der Waals surface area contributed by atoms with Gasteiger partial charge < -0.3 is 28.8 Å². The van der Waals surface area contributed by atoms with Gasteiger partial charge in [0.15, 0.2) is 29.2 Å². The first-order valence-corrected chi connectivity index (χ1v) is 11.0. The van der Waals surface area contributed by atoms with Gasteiger partial charge in [-0.3, -0.25) is 0 Å². The van der Waals surface area contributed by atoms with E-state index in [4.69, 9.17) is 40.4 Å². The minimum absolute atomic E-state index is 0.608. The van der Waals surface area contributed by atoms with Crippen LogP contribution in [0.3, 0.4) is 0 Å². The molecule has 0 amide bonds. The fourth-order valence-electron chi connectivity index (χ4n) is 3.44. The highest BCUT2D eigenvalue weighted by atomic mass is 35.5. The zero-order chi connectivity index (χ0) is 26.2. The molecule has 0 unspecified atom stereocenters. The van der Waals surface area contributed by atoms with Crippen molar-refractivity contribution in [2.45, 2.75) is 25.9 Å². The minimum Gasteiger partial charge on any atom is -0.542 e. The lowest BCUT2D eigenvalue weighted by molar-refractivity contribution is -0.523. The van der Waals surface area contributed by atoms with Crippen LogP contribution >= 0.6 is 11.6 Å². The number of nitrogens with zero attached hydrogens (tertiary/aromatic N) is 1. The maximum absolute atomic E-state index is 10.5. The predicted molar refractivity (Wildman–Crippen MR) is 122 cm³/mol. The zero-order valence-electron chi connectivity index (χ0n) is 19.8. The molecule has 0 saturated heterocycles. The molecule has 3 rings (SSSR count). The van der Waals surface area contributed by atoms with Gasteiger partial charge in [0.1, 0.15) is 19.1 Å². The van der Waals surface area contributed by atoms with E-state index in [-0.39, 0.29) is 0 Å². The number of methoxy groups -OCH3 is 3. The van der Waals surface area contributed by atoms with Gasteiger partial charge in [0.25, 0.3) is 0 Å². The summed E-state index contributed by atoms with van der Waals surface area (Å²) in [6, 6.07) is 7.91. The van der Waals surface area contributed by atoms with Crippen molar-refractivity contribution in [1.29, 1.82) is 0 Å². The van der Waals surface area contributed by atoms with E-state index in [1.807, 2.05) is 19.1 Å². The summed E-state index contributed by atoms with van der Waals surface area (Å²) in [7, 11) is 4.92. The second-order valence-electron chi connectivity index (χ2n) is 7.38. The molecular weight excluding hydrogens is 491 g/mol. The van der Waals surface area contributed by atoms with Crippen LogP contribution in [0, 0.1) is 0 Å². The first kappa shape index (κ1) is 28.1. The molecule has 0 atom stereocenters. The highest BCUT2D eigenvalue weighted by molar-refractivity contribution is 6.31. The van der Waals surface area contributed by atoms with E-state index in [0.717, 1.165) is 43.0 Å². The lowest BCUT2D eigenvalue weighted by Crippen LogP contribution is -2.37. The molecule has 1 aliphatic heterocycles. The summed E-state index contributed by atoms with van der Waals surface area (Å²) in [6.45, 7) is 4.40. The molecule has 2 aromatic carbocycles. The monoisotopic (exact) mass is 517 g/mol. The van der Waals surface area contributed by atoms with Gasteiger partial charge in [0.05, 0.1) is 27.9 Å². The van der Waals surface area contributed by atoms with Crippen LogP contribution in [0.25, 0.3) is 0 Å². The summed E-state index contributed by atoms with van der Waals surface area (Å²) in [5.74, 6) is -0.0905. The van der Waals surface area contributed by atoms with Crippen LogP contribution in [0.5, 0.6) is 23.0 Å². The summed E-state index contributed by atoms with van der Waals surface area (Å²) in [4.78, 5) is 8.78. The molecule has 0 fully saturated rings. The molecule has 0 spiro atoms. The van der Waals surface area contributed by atoms with Crippen LogP contribution in [0.15, 0.2) is 24.3 Å². The van der Waals surface area contributed by atoms with Crippen LogP contribution in [0.1, 0.15) is 23.6 Å². The zero-order valence-corrected chi connectivity index (χ0v) is 20.6. The molecule has 35 heavy (non-hydrogen) atoms. The van der Waals surface area contributed by atoms with Gasteiger partial charge in [-0.25, -0.2) is 4.58 Å². The number of carboxylic acid groups (broad SMARTS) is 1. The molecule has 2 aromatic rings. The minimum atomic E-state index is -5.19. The number of hydrogen-bond acceptors (Lipinski definition) is 6. The van der Waals surface area contributed by atoms with E-state index < -0.39 is 12.1 Å². The summed E-state index contributed by atoms with van der Waals surface area (Å²) >= 11 is 6.43. The lowest BCUT2D eigenvalue weighted by Gasteiger charge is -2.17. The molecule has 1 heterocycles. The van der Waals surface area contributed by atoms with Crippen LogP contribution in [-0.4, -0.2) is 64.0 Å². The second kappa shape index (κ2) is 12.5. The van der Waals surface area contributed by atoms with Gasteiger partial charge in [0.2, 0.25) is 0 Å². The summed E-state index contributed by atoms with van der Waals surface area (Å²) < 4.78 is 55.7. The number of carbonyl (C=O) groups excluding carboxylic acids is 1. The van der Waals surface area contributed by atoms with Crippen molar-refractivity contribution in [3.8, 4) is 23.0 Å². The van der Waals surface area contributed by atoms with Gasteiger partial charge >= 0.3 is 6.18 Å². The molecule has 192 valence electrons. The quantitative estimate of drug-likeness (QED) is 0.500. The van der Waals surface area contributed by atoms with Crippen molar-refractivity contribution < 1.29 is 46.6 Å². The van der Waals surface area contributed by atoms with E-state index in [1.54, 1.807) is 21.3 Å². The Morgan fingerprint density at radius 1 is 1.03 bits per heavy atom. The van der Waals surface area contributed by atoms with E-state index in [1.165, 1.54) is 11.1 Å². The van der Waals surface area contributed by atoms with Gasteiger partial charge in [-0.2, -0.15) is 13.2 Å². The smallest absolute Gasteiger partial charge is 0.430 e. The Kier molecular flexibility index (Phi) is 10.1. The number of fused-ring (bicyclic) bond motifs is 1. The van der Waals surface area contributed by atoms with Crippen molar-refractivity contribution in [1.82, 2.24) is 0 Å². The summed E-state index contributed by atoms with van der Waals surface area (Å²) in [5.41, 5.74) is 3.50. The van der Waals surface area contributed by atoms with Gasteiger partial charge in [-0.05, 0) is 36.2 Å². The fraction of sp³-hybridized carbons (Fsp3) is 0.417. The van der Waals surface area contributed by atoms with Gasteiger partial charge in [-0.15, -0.1) is 0 Å². The van der Waals surface area contributed by atoms with E-state index in [2.05, 4.69) is 22.9 Å². The molecule has 0 aliphatic carbocycles. The van der Waals surface area contributed by atoms with Crippen LogP contribution in [-0.2, 0) is 17.6 Å². The Morgan fingerprint density at radius 3 is 2.14 bits per heavy atom. The van der Waals surface area contributed by atoms with Crippen molar-refractivity contribution in [3.63, 3.8) is 0 Å². The number of alkyl halides is 3. The third kappa shape index (κ3) is 7.68. The number of halogens is 4. The van der Waals surface area contributed by atoms with Crippen molar-refractivity contribution in [3.05, 3.63) is 46.0 Å². The topological polar surface area (TPSA) is 80.1 Å². The number of rotatable bonds is 8. The Hall–Kier alpha value is -3.14.